The van der Waals surface area contributed by atoms with Gasteiger partial charge in [-0.3, -0.25) is 4.79 Å². The fraction of sp³-hybridized carbons (Fsp3) is 0.960. The van der Waals surface area contributed by atoms with Gasteiger partial charge in [-0.1, -0.05) is 296 Å². The van der Waals surface area contributed by atoms with Crippen molar-refractivity contribution in [2.75, 3.05) is 26.4 Å². The minimum Gasteiger partial charge on any atom is -0.394 e. The average Bonchev–Trinajstić information content (AvgIpc) is 0.788. The monoisotopic (exact) mass is 1350 g/mol. The van der Waals surface area contributed by atoms with Crippen LogP contribution in [0.2, 0.25) is 0 Å². The third-order valence-electron chi connectivity index (χ3n) is 19.8. The number of hydrogen-bond donors (Lipinski definition) is 12. The molecule has 3 saturated heterocycles. The Labute approximate surface area is 569 Å². The van der Waals surface area contributed by atoms with Gasteiger partial charge in [0, 0.05) is 6.42 Å². The van der Waals surface area contributed by atoms with Crippen molar-refractivity contribution in [1.29, 1.82) is 0 Å². The van der Waals surface area contributed by atoms with Gasteiger partial charge in [-0.05, 0) is 38.5 Å². The number of nitrogens with one attached hydrogen (secondary N) is 1. The van der Waals surface area contributed by atoms with Gasteiger partial charge in [0.1, 0.15) is 73.2 Å². The predicted octanol–water partition coefficient (Wildman–Crippen LogP) is 12.0. The Morgan fingerprint density at radius 1 is 0.372 bits per heavy atom. The summed E-state index contributed by atoms with van der Waals surface area (Å²) in [5.74, 6) is -0.238. The number of aliphatic hydroxyl groups excluding tert-OH is 11. The summed E-state index contributed by atoms with van der Waals surface area (Å²) in [6, 6.07) is -0.881. The summed E-state index contributed by atoms with van der Waals surface area (Å²) >= 11 is 0. The maximum absolute atomic E-state index is 13.4. The van der Waals surface area contributed by atoms with E-state index in [2.05, 4.69) is 31.3 Å². The largest absolute Gasteiger partial charge is 0.394 e. The molecule has 3 rings (SSSR count). The fourth-order valence-electron chi connectivity index (χ4n) is 13.5. The molecule has 0 saturated carbocycles. The van der Waals surface area contributed by atoms with E-state index in [9.17, 15) is 61.0 Å². The van der Waals surface area contributed by atoms with Gasteiger partial charge in [0.05, 0.1) is 38.6 Å². The third kappa shape index (κ3) is 37.8. The lowest BCUT2D eigenvalue weighted by Gasteiger charge is -2.48. The zero-order valence-electron chi connectivity index (χ0n) is 59.2. The van der Waals surface area contributed by atoms with Crippen molar-refractivity contribution in [3.63, 3.8) is 0 Å². The van der Waals surface area contributed by atoms with E-state index in [1.165, 1.54) is 250 Å². The van der Waals surface area contributed by atoms with Crippen molar-refractivity contribution in [1.82, 2.24) is 5.32 Å². The van der Waals surface area contributed by atoms with Crippen LogP contribution in [0.15, 0.2) is 12.2 Å². The SMILES string of the molecule is CCCCCCCCCC/C=C\CCCCCCCCCCCCCCCCCCCCCCCCCCCCCC(=O)NC(COC1OC(CO)C(OC2OC(CO)C(OC3OC(CO)C(O)C(O)C3O)C(O)C2O)C(O)C1O)C(O)CCCCCCCCCCCC. The van der Waals surface area contributed by atoms with E-state index in [0.29, 0.717) is 12.8 Å². The summed E-state index contributed by atoms with van der Waals surface area (Å²) < 4.78 is 34.4. The minimum absolute atomic E-state index is 0.238. The van der Waals surface area contributed by atoms with Crippen molar-refractivity contribution in [3.05, 3.63) is 12.2 Å². The first kappa shape index (κ1) is 86.8. The molecule has 3 aliphatic heterocycles. The highest BCUT2D eigenvalue weighted by Crippen LogP contribution is 2.33. The normalized spacial score (nSPS) is 27.4. The summed E-state index contributed by atoms with van der Waals surface area (Å²) in [4.78, 5) is 13.4. The van der Waals surface area contributed by atoms with Crippen LogP contribution in [0.25, 0.3) is 0 Å². The molecule has 19 nitrogen and oxygen atoms in total. The molecule has 0 bridgehead atoms. The van der Waals surface area contributed by atoms with Crippen molar-refractivity contribution in [2.24, 2.45) is 0 Å². The highest BCUT2D eigenvalue weighted by molar-refractivity contribution is 5.76. The average molecular weight is 1350 g/mol. The number of ether oxygens (including phenoxy) is 6. The van der Waals surface area contributed by atoms with E-state index in [4.69, 9.17) is 28.4 Å². The molecule has 3 fully saturated rings. The van der Waals surface area contributed by atoms with E-state index in [0.717, 1.165) is 44.9 Å². The van der Waals surface area contributed by atoms with Crippen LogP contribution in [0.4, 0.5) is 0 Å². The molecule has 1 amide bonds. The number of carbonyl (C=O) groups excluding carboxylic acids is 1. The summed E-state index contributed by atoms with van der Waals surface area (Å²) in [5, 5.41) is 121. The van der Waals surface area contributed by atoms with Gasteiger partial charge in [0.15, 0.2) is 18.9 Å². The molecular formula is C75H143NO18. The molecular weight excluding hydrogens is 1200 g/mol. The Bertz CT molecular complexity index is 1750. The lowest BCUT2D eigenvalue weighted by Crippen LogP contribution is -2.66. The molecule has 12 N–H and O–H groups in total. The zero-order valence-corrected chi connectivity index (χ0v) is 59.2. The molecule has 556 valence electrons. The van der Waals surface area contributed by atoms with E-state index in [1.54, 1.807) is 0 Å². The highest BCUT2D eigenvalue weighted by atomic mass is 16.8. The standard InChI is InChI=1S/C75H143NO18/c1-3-5-7-9-11-13-15-16-17-18-19-20-21-22-23-24-25-26-27-28-29-30-31-32-33-34-35-36-37-38-39-40-41-42-43-45-47-49-51-53-63(81)76-58(59(80)52-50-48-46-44-14-12-10-8-6-4-2)57-89-73-69(87)66(84)71(61(55-78)91-73)94-75-70(88)67(85)72(62(56-79)92-75)93-74-68(86)65(83)64(82)60(54-77)90-74/h18-19,58-62,64-75,77-80,82-88H,3-17,20-57H2,1-2H3,(H,76,81)/b19-18-. The molecule has 0 aliphatic carbocycles. The number of amides is 1. The van der Waals surface area contributed by atoms with Gasteiger partial charge >= 0.3 is 0 Å². The van der Waals surface area contributed by atoms with Gasteiger partial charge in [-0.2, -0.15) is 0 Å². The van der Waals surface area contributed by atoms with Gasteiger partial charge in [0.25, 0.3) is 0 Å². The highest BCUT2D eigenvalue weighted by Gasteiger charge is 2.54. The second-order valence-corrected chi connectivity index (χ2v) is 28.2. The van der Waals surface area contributed by atoms with Crippen LogP contribution in [0.3, 0.4) is 0 Å². The lowest BCUT2D eigenvalue weighted by atomic mass is 9.96. The summed E-state index contributed by atoms with van der Waals surface area (Å²) in [6.45, 7) is 1.81. The van der Waals surface area contributed by atoms with Gasteiger partial charge in [-0.25, -0.2) is 0 Å². The number of unbranched alkanes of at least 4 members (excludes halogenated alkanes) is 44. The van der Waals surface area contributed by atoms with E-state index < -0.39 is 124 Å². The molecule has 17 atom stereocenters. The quantitative estimate of drug-likeness (QED) is 0.0199. The summed E-state index contributed by atoms with van der Waals surface area (Å²) in [6.07, 6.45) is 39.4. The van der Waals surface area contributed by atoms with Gasteiger partial charge < -0.3 is 89.9 Å². The second kappa shape index (κ2) is 57.2. The number of rotatable bonds is 62. The van der Waals surface area contributed by atoms with Gasteiger partial charge in [0.2, 0.25) is 5.91 Å². The summed E-state index contributed by atoms with van der Waals surface area (Å²) in [7, 11) is 0. The lowest BCUT2D eigenvalue weighted by molar-refractivity contribution is -0.379. The molecule has 94 heavy (non-hydrogen) atoms. The first-order chi connectivity index (χ1) is 45.8. The third-order valence-corrected chi connectivity index (χ3v) is 19.8. The van der Waals surface area contributed by atoms with Crippen LogP contribution in [0.1, 0.15) is 328 Å². The topological polar surface area (TPSA) is 307 Å². The van der Waals surface area contributed by atoms with Gasteiger partial charge in [-0.15, -0.1) is 0 Å². The van der Waals surface area contributed by atoms with Crippen LogP contribution >= 0.6 is 0 Å². The molecule has 17 unspecified atom stereocenters. The molecule has 0 spiro atoms. The molecule has 3 aliphatic rings. The molecule has 0 aromatic heterocycles. The predicted molar refractivity (Wildman–Crippen MR) is 370 cm³/mol. The zero-order chi connectivity index (χ0) is 68.2. The number of allylic oxidation sites excluding steroid dienone is 2. The first-order valence-electron chi connectivity index (χ1n) is 38.9. The maximum Gasteiger partial charge on any atom is 0.220 e. The molecule has 19 heteroatoms. The van der Waals surface area contributed by atoms with E-state index in [1.807, 2.05) is 0 Å². The Hall–Kier alpha value is -1.47. The Morgan fingerprint density at radius 3 is 1.03 bits per heavy atom. The minimum atomic E-state index is -1.97. The number of carbonyl (C=O) groups is 1. The van der Waals surface area contributed by atoms with Crippen LogP contribution in [0, 0.1) is 0 Å². The van der Waals surface area contributed by atoms with Crippen LogP contribution in [-0.4, -0.2) is 193 Å². The van der Waals surface area contributed by atoms with Crippen molar-refractivity contribution in [3.8, 4) is 0 Å². The van der Waals surface area contributed by atoms with Crippen molar-refractivity contribution < 1.29 is 89.4 Å². The van der Waals surface area contributed by atoms with E-state index >= 15 is 0 Å². The smallest absolute Gasteiger partial charge is 0.220 e. The molecule has 3 heterocycles. The van der Waals surface area contributed by atoms with Crippen molar-refractivity contribution >= 4 is 5.91 Å². The number of hydrogen-bond acceptors (Lipinski definition) is 18. The van der Waals surface area contributed by atoms with Crippen molar-refractivity contribution in [2.45, 2.75) is 433 Å². The van der Waals surface area contributed by atoms with Crippen LogP contribution in [-0.2, 0) is 33.2 Å². The maximum atomic E-state index is 13.4. The van der Waals surface area contributed by atoms with E-state index in [-0.39, 0.29) is 18.9 Å². The Morgan fingerprint density at radius 2 is 0.670 bits per heavy atom. The van der Waals surface area contributed by atoms with Crippen LogP contribution in [0.5, 0.6) is 0 Å². The summed E-state index contributed by atoms with van der Waals surface area (Å²) in [5.41, 5.74) is 0. The second-order valence-electron chi connectivity index (χ2n) is 28.2. The van der Waals surface area contributed by atoms with Crippen LogP contribution < -0.4 is 5.32 Å². The first-order valence-corrected chi connectivity index (χ1v) is 38.9. The Balaban J connectivity index is 1.25. The fourth-order valence-corrected chi connectivity index (χ4v) is 13.5. The Kier molecular flexibility index (Phi) is 52.8. The molecule has 0 aromatic rings. The molecule has 0 radical (unpaired) electrons. The number of aliphatic hydroxyl groups is 11. The molecule has 0 aromatic carbocycles.